The minimum atomic E-state index is -0.277. The van der Waals surface area contributed by atoms with Crippen LogP contribution in [0.5, 0.6) is 0 Å². The van der Waals surface area contributed by atoms with E-state index in [-0.39, 0.29) is 5.60 Å². The Kier molecular flexibility index (Phi) is 4.25. The van der Waals surface area contributed by atoms with Gasteiger partial charge in [-0.3, -0.25) is 0 Å². The molecule has 0 saturated heterocycles. The molecule has 0 radical (unpaired) electrons. The summed E-state index contributed by atoms with van der Waals surface area (Å²) >= 11 is 1.66. The summed E-state index contributed by atoms with van der Waals surface area (Å²) in [5.41, 5.74) is 0.814. The molecule has 1 N–H and O–H groups in total. The lowest BCUT2D eigenvalue weighted by Crippen LogP contribution is -2.23. The zero-order valence-corrected chi connectivity index (χ0v) is 10.9. The quantitative estimate of drug-likeness (QED) is 0.841. The zero-order valence-electron chi connectivity index (χ0n) is 10.1. The van der Waals surface area contributed by atoms with Crippen molar-refractivity contribution in [1.29, 1.82) is 0 Å². The van der Waals surface area contributed by atoms with Crippen molar-refractivity contribution in [3.63, 3.8) is 0 Å². The van der Waals surface area contributed by atoms with Crippen molar-refractivity contribution < 1.29 is 4.74 Å². The van der Waals surface area contributed by atoms with Gasteiger partial charge in [-0.1, -0.05) is 13.8 Å². The molecule has 0 saturated carbocycles. The third-order valence-electron chi connectivity index (χ3n) is 2.27. The molecule has 0 atom stereocenters. The molecule has 0 fully saturated rings. The highest BCUT2D eigenvalue weighted by Crippen LogP contribution is 2.26. The van der Waals surface area contributed by atoms with Gasteiger partial charge in [0.15, 0.2) is 0 Å². The molecule has 0 spiro atoms. The van der Waals surface area contributed by atoms with Crippen LogP contribution >= 0.6 is 11.3 Å². The van der Waals surface area contributed by atoms with Crippen molar-refractivity contribution >= 4 is 11.3 Å². The van der Waals surface area contributed by atoms with Crippen LogP contribution in [-0.4, -0.2) is 18.1 Å². The van der Waals surface area contributed by atoms with Crippen LogP contribution in [-0.2, 0) is 16.9 Å². The fraction of sp³-hybridized carbons (Fsp3) is 0.727. The second-order valence-corrected chi connectivity index (χ2v) is 5.25. The maximum absolute atomic E-state index is 5.39. The van der Waals surface area contributed by atoms with Crippen molar-refractivity contribution in [3.05, 3.63) is 16.1 Å². The summed E-state index contributed by atoms with van der Waals surface area (Å²) in [6.07, 6.45) is 0. The summed E-state index contributed by atoms with van der Waals surface area (Å²) in [6.45, 7) is 9.16. The van der Waals surface area contributed by atoms with Crippen molar-refractivity contribution in [1.82, 2.24) is 10.3 Å². The van der Waals surface area contributed by atoms with Gasteiger partial charge in [-0.2, -0.15) is 0 Å². The Balaban J connectivity index is 2.64. The second-order valence-electron chi connectivity index (χ2n) is 4.39. The van der Waals surface area contributed by atoms with Gasteiger partial charge in [0.2, 0.25) is 0 Å². The van der Waals surface area contributed by atoms with Gasteiger partial charge in [0.1, 0.15) is 10.6 Å². The molecule has 1 heterocycles. The largest absolute Gasteiger partial charge is 0.372 e. The zero-order chi connectivity index (χ0) is 11.5. The highest BCUT2D eigenvalue weighted by atomic mass is 32.1. The topological polar surface area (TPSA) is 34.1 Å². The molecular weight excluding hydrogens is 208 g/mol. The Labute approximate surface area is 95.9 Å². The molecule has 1 aromatic rings. The van der Waals surface area contributed by atoms with Gasteiger partial charge in [-0.05, 0) is 13.8 Å². The van der Waals surface area contributed by atoms with E-state index < -0.39 is 0 Å². The van der Waals surface area contributed by atoms with Crippen molar-refractivity contribution in [2.45, 2.75) is 45.9 Å². The first-order valence-corrected chi connectivity index (χ1v) is 6.07. The molecule has 0 aliphatic heterocycles. The van der Waals surface area contributed by atoms with E-state index in [9.17, 15) is 0 Å². The monoisotopic (exact) mass is 228 g/mol. The van der Waals surface area contributed by atoms with E-state index in [0.717, 1.165) is 17.2 Å². The Morgan fingerprint density at radius 2 is 2.20 bits per heavy atom. The highest BCUT2D eigenvalue weighted by Gasteiger charge is 2.23. The summed E-state index contributed by atoms with van der Waals surface area (Å²) in [5.74, 6) is 0. The summed E-state index contributed by atoms with van der Waals surface area (Å²) in [6, 6.07) is 0.491. The van der Waals surface area contributed by atoms with Crippen LogP contribution in [0.4, 0.5) is 0 Å². The van der Waals surface area contributed by atoms with Crippen LogP contribution in [0.3, 0.4) is 0 Å². The lowest BCUT2D eigenvalue weighted by Gasteiger charge is -2.19. The van der Waals surface area contributed by atoms with E-state index in [0.29, 0.717) is 6.04 Å². The van der Waals surface area contributed by atoms with Gasteiger partial charge in [-0.25, -0.2) is 4.98 Å². The van der Waals surface area contributed by atoms with Crippen molar-refractivity contribution in [3.8, 4) is 0 Å². The van der Waals surface area contributed by atoms with Crippen LogP contribution in [0.15, 0.2) is 5.38 Å². The van der Waals surface area contributed by atoms with Crippen molar-refractivity contribution in [2.24, 2.45) is 0 Å². The Morgan fingerprint density at radius 3 is 2.73 bits per heavy atom. The maximum atomic E-state index is 5.39. The van der Waals surface area contributed by atoms with Gasteiger partial charge in [0.25, 0.3) is 0 Å². The second kappa shape index (κ2) is 5.05. The molecule has 1 aromatic heterocycles. The first-order chi connectivity index (χ1) is 6.95. The van der Waals surface area contributed by atoms with Crippen LogP contribution in [0, 0.1) is 0 Å². The first kappa shape index (κ1) is 12.6. The first-order valence-electron chi connectivity index (χ1n) is 5.19. The van der Waals surface area contributed by atoms with Gasteiger partial charge in [0.05, 0.1) is 5.69 Å². The third kappa shape index (κ3) is 3.55. The normalized spacial score (nSPS) is 12.4. The number of methoxy groups -OCH3 is 1. The van der Waals surface area contributed by atoms with E-state index in [4.69, 9.17) is 4.74 Å². The molecule has 0 aliphatic rings. The average molecular weight is 228 g/mol. The van der Waals surface area contributed by atoms with Gasteiger partial charge in [0, 0.05) is 25.1 Å². The number of hydrogen-bond acceptors (Lipinski definition) is 4. The minimum absolute atomic E-state index is 0.277. The van der Waals surface area contributed by atoms with E-state index in [1.807, 2.05) is 13.8 Å². The molecule has 1 rings (SSSR count). The molecule has 15 heavy (non-hydrogen) atoms. The summed E-state index contributed by atoms with van der Waals surface area (Å²) < 4.78 is 5.39. The lowest BCUT2D eigenvalue weighted by atomic mass is 10.1. The number of nitrogens with one attached hydrogen (secondary N) is 1. The molecule has 86 valence electrons. The standard InChI is InChI=1S/C11H20N2OS/c1-8(2)12-6-9-7-15-10(13-9)11(3,4)14-5/h7-8,12H,6H2,1-5H3. The van der Waals surface area contributed by atoms with Crippen LogP contribution in [0.2, 0.25) is 0 Å². The molecule has 4 heteroatoms. The van der Waals surface area contributed by atoms with E-state index in [1.54, 1.807) is 18.4 Å². The van der Waals surface area contributed by atoms with Crippen LogP contribution in [0.1, 0.15) is 38.4 Å². The molecule has 3 nitrogen and oxygen atoms in total. The number of aromatic nitrogens is 1. The predicted octanol–water partition coefficient (Wildman–Crippen LogP) is 2.52. The minimum Gasteiger partial charge on any atom is -0.372 e. The molecular formula is C11H20N2OS. The van der Waals surface area contributed by atoms with Gasteiger partial charge >= 0.3 is 0 Å². The van der Waals surface area contributed by atoms with E-state index >= 15 is 0 Å². The summed E-state index contributed by atoms with van der Waals surface area (Å²) in [5, 5.41) is 6.47. The fourth-order valence-electron chi connectivity index (χ4n) is 1.06. The number of rotatable bonds is 5. The Morgan fingerprint density at radius 1 is 1.53 bits per heavy atom. The van der Waals surface area contributed by atoms with Crippen LogP contribution in [0.25, 0.3) is 0 Å². The Bertz CT molecular complexity index is 307. The molecule has 0 unspecified atom stereocenters. The smallest absolute Gasteiger partial charge is 0.124 e. The number of thiazole rings is 1. The Hall–Kier alpha value is -0.450. The SMILES string of the molecule is COC(C)(C)c1nc(CNC(C)C)cs1. The van der Waals surface area contributed by atoms with Crippen molar-refractivity contribution in [2.75, 3.05) is 7.11 Å². The number of hydrogen-bond donors (Lipinski definition) is 1. The van der Waals surface area contributed by atoms with Gasteiger partial charge in [-0.15, -0.1) is 11.3 Å². The van der Waals surface area contributed by atoms with E-state index in [1.165, 1.54) is 0 Å². The fourth-order valence-corrected chi connectivity index (χ4v) is 1.98. The number of ether oxygens (including phenoxy) is 1. The molecule has 0 aromatic carbocycles. The average Bonchev–Trinajstić information content (AvgIpc) is 2.63. The predicted molar refractivity (Wildman–Crippen MR) is 64.1 cm³/mol. The summed E-state index contributed by atoms with van der Waals surface area (Å²) in [7, 11) is 1.72. The van der Waals surface area contributed by atoms with Gasteiger partial charge < -0.3 is 10.1 Å². The highest BCUT2D eigenvalue weighted by molar-refractivity contribution is 7.09. The number of nitrogens with zero attached hydrogens (tertiary/aromatic N) is 1. The molecule has 0 bridgehead atoms. The molecule has 0 amide bonds. The van der Waals surface area contributed by atoms with Crippen LogP contribution < -0.4 is 5.32 Å². The molecule has 0 aliphatic carbocycles. The third-order valence-corrected chi connectivity index (χ3v) is 3.46. The maximum Gasteiger partial charge on any atom is 0.124 e. The van der Waals surface area contributed by atoms with E-state index in [2.05, 4.69) is 29.5 Å². The summed E-state index contributed by atoms with van der Waals surface area (Å²) in [4.78, 5) is 4.56. The lowest BCUT2D eigenvalue weighted by molar-refractivity contribution is 0.0189.